The lowest BCUT2D eigenvalue weighted by Crippen LogP contribution is -2.30. The molecule has 3 rings (SSSR count). The molecule has 0 unspecified atom stereocenters. The zero-order valence-electron chi connectivity index (χ0n) is 14.6. The van der Waals surface area contributed by atoms with Gasteiger partial charge in [-0.1, -0.05) is 17.3 Å². The van der Waals surface area contributed by atoms with Gasteiger partial charge < -0.3 is 19.6 Å². The van der Waals surface area contributed by atoms with Gasteiger partial charge in [0.2, 0.25) is 5.82 Å². The summed E-state index contributed by atoms with van der Waals surface area (Å²) in [6.45, 7) is 0.446. The smallest absolute Gasteiger partial charge is 0.395 e. The lowest BCUT2D eigenvalue weighted by Gasteiger charge is -2.21. The van der Waals surface area contributed by atoms with Gasteiger partial charge in [-0.2, -0.15) is 18.2 Å². The summed E-state index contributed by atoms with van der Waals surface area (Å²) in [6, 6.07) is 7.99. The monoisotopic (exact) mass is 394 g/mol. The Labute approximate surface area is 158 Å². The average molecular weight is 394 g/mol. The van der Waals surface area contributed by atoms with Crippen molar-refractivity contribution in [3.05, 3.63) is 48.2 Å². The normalized spacial score (nSPS) is 11.6. The third-order valence-corrected chi connectivity index (χ3v) is 3.93. The molecule has 2 aromatic heterocycles. The van der Waals surface area contributed by atoms with Gasteiger partial charge in [-0.3, -0.25) is 0 Å². The number of aliphatic hydroxyl groups excluding tert-OH is 2. The highest BCUT2D eigenvalue weighted by Gasteiger charge is 2.30. The first-order valence-electron chi connectivity index (χ1n) is 8.37. The van der Waals surface area contributed by atoms with Crippen LogP contribution >= 0.6 is 0 Å². The van der Waals surface area contributed by atoms with Gasteiger partial charge >= 0.3 is 6.18 Å². The highest BCUT2D eigenvalue weighted by atomic mass is 19.4. The van der Waals surface area contributed by atoms with E-state index in [1.807, 2.05) is 0 Å². The van der Waals surface area contributed by atoms with Crippen LogP contribution in [0.25, 0.3) is 22.8 Å². The highest BCUT2D eigenvalue weighted by Crippen LogP contribution is 2.32. The fraction of sp³-hybridized carbons (Fsp3) is 0.278. The number of rotatable bonds is 7. The molecule has 0 radical (unpaired) electrons. The summed E-state index contributed by atoms with van der Waals surface area (Å²) in [5.41, 5.74) is -0.121. The number of hydrogen-bond acceptors (Lipinski definition) is 7. The van der Waals surface area contributed by atoms with Crippen LogP contribution in [0.15, 0.2) is 47.1 Å². The number of anilines is 1. The second-order valence-corrected chi connectivity index (χ2v) is 5.84. The molecule has 10 heteroatoms. The molecular formula is C18H17F3N4O3. The van der Waals surface area contributed by atoms with Gasteiger partial charge in [0.15, 0.2) is 0 Å². The number of aromatic nitrogens is 3. The molecule has 0 amide bonds. The summed E-state index contributed by atoms with van der Waals surface area (Å²) in [7, 11) is 0. The van der Waals surface area contributed by atoms with Crippen molar-refractivity contribution in [2.45, 2.75) is 6.18 Å². The first-order chi connectivity index (χ1) is 13.4. The molecule has 2 heterocycles. The second-order valence-electron chi connectivity index (χ2n) is 5.84. The van der Waals surface area contributed by atoms with E-state index in [4.69, 9.17) is 14.7 Å². The number of nitrogens with zero attached hydrogens (tertiary/aromatic N) is 4. The van der Waals surface area contributed by atoms with E-state index in [-0.39, 0.29) is 30.5 Å². The maximum atomic E-state index is 12.9. The Hall–Kier alpha value is -2.98. The first kappa shape index (κ1) is 19.8. The SMILES string of the molecule is OCCN(CCO)c1ccc(-c2nc(-c3cccc(C(F)(F)F)c3)no2)cn1. The van der Waals surface area contributed by atoms with Crippen molar-refractivity contribution in [2.75, 3.05) is 31.2 Å². The largest absolute Gasteiger partial charge is 0.416 e. The second kappa shape index (κ2) is 8.36. The number of pyridine rings is 1. The molecule has 0 atom stereocenters. The Balaban J connectivity index is 1.82. The van der Waals surface area contributed by atoms with Crippen LogP contribution < -0.4 is 4.90 Å². The van der Waals surface area contributed by atoms with Crippen molar-refractivity contribution in [1.82, 2.24) is 15.1 Å². The molecule has 3 aromatic rings. The molecule has 0 aliphatic heterocycles. The van der Waals surface area contributed by atoms with Crippen LogP contribution in [0.3, 0.4) is 0 Å². The van der Waals surface area contributed by atoms with Gasteiger partial charge in [-0.25, -0.2) is 4.98 Å². The Morgan fingerprint density at radius 2 is 1.75 bits per heavy atom. The van der Waals surface area contributed by atoms with E-state index in [2.05, 4.69) is 15.1 Å². The minimum absolute atomic E-state index is 0.0346. The summed E-state index contributed by atoms with van der Waals surface area (Å²) < 4.78 is 43.7. The van der Waals surface area contributed by atoms with Gasteiger partial charge in [0.05, 0.1) is 24.3 Å². The van der Waals surface area contributed by atoms with Gasteiger partial charge in [0.25, 0.3) is 5.89 Å². The molecular weight excluding hydrogens is 377 g/mol. The predicted molar refractivity (Wildman–Crippen MR) is 94.4 cm³/mol. The van der Waals surface area contributed by atoms with Crippen LogP contribution in [0, 0.1) is 0 Å². The first-order valence-corrected chi connectivity index (χ1v) is 8.37. The topological polar surface area (TPSA) is 95.5 Å². The molecule has 7 nitrogen and oxygen atoms in total. The van der Waals surface area contributed by atoms with E-state index in [0.717, 1.165) is 12.1 Å². The number of alkyl halides is 3. The van der Waals surface area contributed by atoms with E-state index < -0.39 is 11.7 Å². The molecule has 0 aliphatic carbocycles. The van der Waals surface area contributed by atoms with Crippen LogP contribution in [-0.2, 0) is 6.18 Å². The fourth-order valence-corrected chi connectivity index (χ4v) is 2.57. The Bertz CT molecular complexity index is 907. The Morgan fingerprint density at radius 3 is 2.36 bits per heavy atom. The molecule has 2 N–H and O–H groups in total. The number of benzene rings is 1. The van der Waals surface area contributed by atoms with E-state index in [0.29, 0.717) is 24.5 Å². The molecule has 148 valence electrons. The van der Waals surface area contributed by atoms with Crippen molar-refractivity contribution in [3.63, 3.8) is 0 Å². The summed E-state index contributed by atoms with van der Waals surface area (Å²) >= 11 is 0. The quantitative estimate of drug-likeness (QED) is 0.636. The predicted octanol–water partition coefficient (Wildman–Crippen LogP) is 2.61. The minimum atomic E-state index is -4.46. The standard InChI is InChI=1S/C18H17F3N4O3/c19-18(20,21)14-3-1-2-12(10-14)16-23-17(28-24-16)13-4-5-15(22-11-13)25(6-8-26)7-9-27/h1-5,10-11,26-27H,6-9H2. The van der Waals surface area contributed by atoms with Crippen molar-refractivity contribution in [3.8, 4) is 22.8 Å². The third kappa shape index (κ3) is 4.46. The highest BCUT2D eigenvalue weighted by molar-refractivity contribution is 5.61. The maximum Gasteiger partial charge on any atom is 0.416 e. The van der Waals surface area contributed by atoms with Crippen LogP contribution in [0.5, 0.6) is 0 Å². The van der Waals surface area contributed by atoms with E-state index in [9.17, 15) is 13.2 Å². The zero-order chi connectivity index (χ0) is 20.1. The Morgan fingerprint density at radius 1 is 1.00 bits per heavy atom. The lowest BCUT2D eigenvalue weighted by atomic mass is 10.1. The molecule has 0 saturated heterocycles. The molecule has 0 bridgehead atoms. The van der Waals surface area contributed by atoms with Gasteiger partial charge in [0, 0.05) is 24.8 Å². The summed E-state index contributed by atoms with van der Waals surface area (Å²) in [6.07, 6.45) is -2.99. The molecule has 0 aliphatic rings. The summed E-state index contributed by atoms with van der Waals surface area (Å²) in [5, 5.41) is 21.9. The van der Waals surface area contributed by atoms with Crippen LogP contribution in [0.4, 0.5) is 19.0 Å². The molecule has 0 spiro atoms. The summed E-state index contributed by atoms with van der Waals surface area (Å²) in [5.74, 6) is 0.694. The third-order valence-electron chi connectivity index (χ3n) is 3.93. The minimum Gasteiger partial charge on any atom is -0.395 e. The summed E-state index contributed by atoms with van der Waals surface area (Å²) in [4.78, 5) is 10.1. The van der Waals surface area contributed by atoms with E-state index >= 15 is 0 Å². The van der Waals surface area contributed by atoms with E-state index in [1.54, 1.807) is 17.0 Å². The van der Waals surface area contributed by atoms with Crippen molar-refractivity contribution in [2.24, 2.45) is 0 Å². The van der Waals surface area contributed by atoms with E-state index in [1.165, 1.54) is 18.3 Å². The zero-order valence-corrected chi connectivity index (χ0v) is 14.6. The van der Waals surface area contributed by atoms with Crippen molar-refractivity contribution < 1.29 is 27.9 Å². The van der Waals surface area contributed by atoms with Crippen LogP contribution in [0.1, 0.15) is 5.56 Å². The number of hydrogen-bond donors (Lipinski definition) is 2. The van der Waals surface area contributed by atoms with Crippen molar-refractivity contribution >= 4 is 5.82 Å². The average Bonchev–Trinajstić information content (AvgIpc) is 3.18. The molecule has 1 aromatic carbocycles. The maximum absolute atomic E-state index is 12.9. The van der Waals surface area contributed by atoms with Crippen LogP contribution in [0.2, 0.25) is 0 Å². The van der Waals surface area contributed by atoms with Gasteiger partial charge in [-0.05, 0) is 24.3 Å². The van der Waals surface area contributed by atoms with Crippen LogP contribution in [-0.4, -0.2) is 51.6 Å². The molecule has 28 heavy (non-hydrogen) atoms. The Kier molecular flexibility index (Phi) is 5.90. The van der Waals surface area contributed by atoms with Gasteiger partial charge in [0.1, 0.15) is 5.82 Å². The number of halogens is 3. The van der Waals surface area contributed by atoms with Gasteiger partial charge in [-0.15, -0.1) is 0 Å². The fourth-order valence-electron chi connectivity index (χ4n) is 2.57. The molecule has 0 saturated carbocycles. The lowest BCUT2D eigenvalue weighted by molar-refractivity contribution is -0.137. The number of aliphatic hydroxyl groups is 2. The molecule has 0 fully saturated rings. The van der Waals surface area contributed by atoms with Crippen molar-refractivity contribution in [1.29, 1.82) is 0 Å².